The van der Waals surface area contributed by atoms with Gasteiger partial charge in [-0.25, -0.2) is 4.98 Å². The van der Waals surface area contributed by atoms with Crippen molar-refractivity contribution in [2.45, 2.75) is 18.9 Å². The van der Waals surface area contributed by atoms with Gasteiger partial charge in [0.05, 0.1) is 16.7 Å². The lowest BCUT2D eigenvalue weighted by atomic mass is 10.1. The molecule has 0 radical (unpaired) electrons. The van der Waals surface area contributed by atoms with Crippen molar-refractivity contribution in [3.63, 3.8) is 0 Å². The number of nitrogens with zero attached hydrogens (tertiary/aromatic N) is 2. The summed E-state index contributed by atoms with van der Waals surface area (Å²) in [5.74, 6) is -0.676. The molecule has 2 heterocycles. The molecule has 1 aliphatic rings. The maximum atomic E-state index is 12.3. The van der Waals surface area contributed by atoms with E-state index in [0.29, 0.717) is 27.5 Å². The molecule has 7 heteroatoms. The predicted molar refractivity (Wildman–Crippen MR) is 94.8 cm³/mol. The standard InChI is InChI=1S/C18H17N3O3S/c1-10-9-11(2)20-16(14(10)15(19)22)25-8-7-21-17(23)12-5-3-4-6-13(12)18(21)24/h3-6,9H,7-8H2,1-2H3,(H2,19,22). The summed E-state index contributed by atoms with van der Waals surface area (Å²) in [6.45, 7) is 3.89. The zero-order chi connectivity index (χ0) is 18.1. The third-order valence-corrected chi connectivity index (χ3v) is 4.95. The number of nitrogens with two attached hydrogens (primary N) is 1. The highest BCUT2D eigenvalue weighted by atomic mass is 32.2. The van der Waals surface area contributed by atoms with Gasteiger partial charge in [-0.2, -0.15) is 0 Å². The van der Waals surface area contributed by atoms with Crippen molar-refractivity contribution in [3.05, 3.63) is 58.3 Å². The maximum absolute atomic E-state index is 12.3. The molecular formula is C18H17N3O3S. The van der Waals surface area contributed by atoms with Crippen molar-refractivity contribution >= 4 is 29.5 Å². The number of aryl methyl sites for hydroxylation is 2. The average molecular weight is 355 g/mol. The molecular weight excluding hydrogens is 338 g/mol. The zero-order valence-corrected chi connectivity index (χ0v) is 14.7. The Balaban J connectivity index is 1.74. The summed E-state index contributed by atoms with van der Waals surface area (Å²) in [7, 11) is 0. The number of benzene rings is 1. The van der Waals surface area contributed by atoms with E-state index in [1.54, 1.807) is 30.3 Å². The number of carbonyl (C=O) groups excluding carboxylic acids is 3. The van der Waals surface area contributed by atoms with Gasteiger partial charge in [0.1, 0.15) is 5.03 Å². The molecule has 2 aromatic rings. The van der Waals surface area contributed by atoms with E-state index in [-0.39, 0.29) is 18.4 Å². The number of hydrogen-bond acceptors (Lipinski definition) is 5. The molecule has 6 nitrogen and oxygen atoms in total. The van der Waals surface area contributed by atoms with Crippen LogP contribution in [0.4, 0.5) is 0 Å². The molecule has 1 aliphatic heterocycles. The quantitative estimate of drug-likeness (QED) is 0.655. The molecule has 0 fully saturated rings. The molecule has 1 aromatic heterocycles. The number of carbonyl (C=O) groups is 3. The summed E-state index contributed by atoms with van der Waals surface area (Å²) >= 11 is 1.32. The third-order valence-electron chi connectivity index (χ3n) is 3.99. The first kappa shape index (κ1) is 17.2. The van der Waals surface area contributed by atoms with E-state index in [1.165, 1.54) is 16.7 Å². The first-order valence-electron chi connectivity index (χ1n) is 7.76. The van der Waals surface area contributed by atoms with E-state index in [1.807, 2.05) is 13.8 Å². The van der Waals surface area contributed by atoms with Crippen LogP contribution in [-0.2, 0) is 0 Å². The summed E-state index contributed by atoms with van der Waals surface area (Å²) in [5.41, 5.74) is 8.25. The Morgan fingerprint density at radius 1 is 1.16 bits per heavy atom. The van der Waals surface area contributed by atoms with Crippen LogP contribution in [0.15, 0.2) is 35.4 Å². The number of amides is 3. The van der Waals surface area contributed by atoms with Gasteiger partial charge in [-0.3, -0.25) is 19.3 Å². The fourth-order valence-corrected chi connectivity index (χ4v) is 3.96. The zero-order valence-electron chi connectivity index (χ0n) is 13.9. The first-order chi connectivity index (χ1) is 11.9. The fraction of sp³-hybridized carbons (Fsp3) is 0.222. The number of primary amides is 1. The topological polar surface area (TPSA) is 93.4 Å². The van der Waals surface area contributed by atoms with Gasteiger partial charge in [0, 0.05) is 18.0 Å². The molecule has 0 atom stereocenters. The molecule has 0 saturated carbocycles. The highest BCUT2D eigenvalue weighted by Gasteiger charge is 2.34. The van der Waals surface area contributed by atoms with Crippen LogP contribution < -0.4 is 5.73 Å². The number of imide groups is 1. The average Bonchev–Trinajstić information content (AvgIpc) is 2.79. The lowest BCUT2D eigenvalue weighted by molar-refractivity contribution is 0.0664. The Labute approximate surface area is 149 Å². The van der Waals surface area contributed by atoms with Crippen LogP contribution in [0.1, 0.15) is 42.3 Å². The normalized spacial score (nSPS) is 13.3. The van der Waals surface area contributed by atoms with Gasteiger partial charge in [-0.15, -0.1) is 11.8 Å². The number of hydrogen-bond donors (Lipinski definition) is 1. The van der Waals surface area contributed by atoms with Crippen molar-refractivity contribution in [1.29, 1.82) is 0 Å². The van der Waals surface area contributed by atoms with Crippen LogP contribution in [0.5, 0.6) is 0 Å². The molecule has 0 bridgehead atoms. The fourth-order valence-electron chi connectivity index (χ4n) is 2.88. The summed E-state index contributed by atoms with van der Waals surface area (Å²) in [6, 6.07) is 8.58. The van der Waals surface area contributed by atoms with Crippen molar-refractivity contribution in [2.75, 3.05) is 12.3 Å². The molecule has 0 saturated heterocycles. The molecule has 3 rings (SSSR count). The molecule has 0 aliphatic carbocycles. The smallest absolute Gasteiger partial charge is 0.261 e. The van der Waals surface area contributed by atoms with Crippen LogP contribution >= 0.6 is 11.8 Å². The summed E-state index contributed by atoms with van der Waals surface area (Å²) in [6.07, 6.45) is 0. The summed E-state index contributed by atoms with van der Waals surface area (Å²) in [4.78, 5) is 42.0. The molecule has 0 unspecified atom stereocenters. The van der Waals surface area contributed by atoms with Gasteiger partial charge in [0.25, 0.3) is 17.7 Å². The SMILES string of the molecule is Cc1cc(C)c(C(N)=O)c(SCCN2C(=O)c3ccccc3C2=O)n1. The predicted octanol–water partition coefficient (Wildman–Crippen LogP) is 2.19. The Morgan fingerprint density at radius 2 is 1.76 bits per heavy atom. The van der Waals surface area contributed by atoms with Crippen LogP contribution in [0.2, 0.25) is 0 Å². The lowest BCUT2D eigenvalue weighted by Crippen LogP contribution is -2.31. The Bertz CT molecular complexity index is 860. The van der Waals surface area contributed by atoms with E-state index >= 15 is 0 Å². The van der Waals surface area contributed by atoms with Crippen molar-refractivity contribution in [3.8, 4) is 0 Å². The second-order valence-electron chi connectivity index (χ2n) is 5.78. The van der Waals surface area contributed by atoms with E-state index in [9.17, 15) is 14.4 Å². The highest BCUT2D eigenvalue weighted by Crippen LogP contribution is 2.26. The molecule has 128 valence electrons. The van der Waals surface area contributed by atoms with Gasteiger partial charge in [-0.05, 0) is 37.6 Å². The first-order valence-corrected chi connectivity index (χ1v) is 8.74. The molecule has 25 heavy (non-hydrogen) atoms. The largest absolute Gasteiger partial charge is 0.366 e. The van der Waals surface area contributed by atoms with Crippen LogP contribution in [0.3, 0.4) is 0 Å². The van der Waals surface area contributed by atoms with Gasteiger partial charge in [0.2, 0.25) is 0 Å². The van der Waals surface area contributed by atoms with Crippen molar-refractivity contribution in [2.24, 2.45) is 5.73 Å². The third kappa shape index (κ3) is 3.15. The summed E-state index contributed by atoms with van der Waals surface area (Å²) in [5, 5.41) is 0.529. The number of rotatable bonds is 5. The highest BCUT2D eigenvalue weighted by molar-refractivity contribution is 7.99. The van der Waals surface area contributed by atoms with Crippen molar-refractivity contribution < 1.29 is 14.4 Å². The van der Waals surface area contributed by atoms with Crippen LogP contribution in [0, 0.1) is 13.8 Å². The minimum atomic E-state index is -0.534. The second kappa shape index (κ2) is 6.68. The minimum Gasteiger partial charge on any atom is -0.366 e. The minimum absolute atomic E-state index is 0.240. The van der Waals surface area contributed by atoms with E-state index in [2.05, 4.69) is 4.98 Å². The number of aromatic nitrogens is 1. The van der Waals surface area contributed by atoms with Crippen molar-refractivity contribution in [1.82, 2.24) is 9.88 Å². The van der Waals surface area contributed by atoms with Gasteiger partial charge in [0.15, 0.2) is 0 Å². The maximum Gasteiger partial charge on any atom is 0.261 e. The van der Waals surface area contributed by atoms with Gasteiger partial charge >= 0.3 is 0 Å². The number of thioether (sulfide) groups is 1. The van der Waals surface area contributed by atoms with Crippen LogP contribution in [-0.4, -0.2) is 39.9 Å². The molecule has 3 amide bonds. The monoisotopic (exact) mass is 355 g/mol. The van der Waals surface area contributed by atoms with Crippen LogP contribution in [0.25, 0.3) is 0 Å². The number of fused-ring (bicyclic) bond motifs is 1. The Hall–Kier alpha value is -2.67. The van der Waals surface area contributed by atoms with E-state index < -0.39 is 5.91 Å². The van der Waals surface area contributed by atoms with Gasteiger partial charge < -0.3 is 5.73 Å². The van der Waals surface area contributed by atoms with Gasteiger partial charge in [-0.1, -0.05) is 12.1 Å². The van der Waals surface area contributed by atoms with E-state index in [4.69, 9.17) is 5.73 Å². The summed E-state index contributed by atoms with van der Waals surface area (Å²) < 4.78 is 0. The molecule has 0 spiro atoms. The number of pyridine rings is 1. The Kier molecular flexibility index (Phi) is 4.59. The van der Waals surface area contributed by atoms with E-state index in [0.717, 1.165) is 11.3 Å². The molecule has 1 aromatic carbocycles. The Morgan fingerprint density at radius 3 is 2.32 bits per heavy atom. The molecule has 2 N–H and O–H groups in total. The second-order valence-corrected chi connectivity index (χ2v) is 6.86. The lowest BCUT2D eigenvalue weighted by Gasteiger charge is -2.14.